The van der Waals surface area contributed by atoms with Crippen LogP contribution in [-0.4, -0.2) is 50.1 Å². The van der Waals surface area contributed by atoms with E-state index >= 15 is 0 Å². The van der Waals surface area contributed by atoms with Crippen LogP contribution in [0.2, 0.25) is 0 Å². The minimum Gasteiger partial charge on any atom is -0.378 e. The number of benzene rings is 1. The van der Waals surface area contributed by atoms with E-state index in [0.29, 0.717) is 0 Å². The molecule has 0 unspecified atom stereocenters. The van der Waals surface area contributed by atoms with Gasteiger partial charge < -0.3 is 9.80 Å². The zero-order chi connectivity index (χ0) is 15.8. The van der Waals surface area contributed by atoms with E-state index in [-0.39, 0.29) is 0 Å². The predicted molar refractivity (Wildman–Crippen MR) is 93.8 cm³/mol. The van der Waals surface area contributed by atoms with E-state index < -0.39 is 0 Å². The van der Waals surface area contributed by atoms with Gasteiger partial charge >= 0.3 is 0 Å². The molecule has 0 amide bonds. The van der Waals surface area contributed by atoms with Gasteiger partial charge in [0, 0.05) is 58.2 Å². The van der Waals surface area contributed by atoms with Crippen LogP contribution in [0.1, 0.15) is 26.3 Å². The lowest BCUT2D eigenvalue weighted by Crippen LogP contribution is -2.44. The van der Waals surface area contributed by atoms with Crippen molar-refractivity contribution < 1.29 is 0 Å². The van der Waals surface area contributed by atoms with Crippen LogP contribution in [0.5, 0.6) is 0 Å². The van der Waals surface area contributed by atoms with E-state index in [1.807, 2.05) is 13.8 Å². The van der Waals surface area contributed by atoms with Gasteiger partial charge in [0.05, 0.1) is 0 Å². The Morgan fingerprint density at radius 1 is 1.05 bits per heavy atom. The Balaban J connectivity index is 0.00000106. The zero-order valence-electron chi connectivity index (χ0n) is 14.4. The molecule has 1 aliphatic heterocycles. The molecule has 0 atom stereocenters. The van der Waals surface area contributed by atoms with E-state index in [2.05, 4.69) is 66.6 Å². The third-order valence-corrected chi connectivity index (χ3v) is 3.77. The van der Waals surface area contributed by atoms with E-state index in [1.165, 1.54) is 16.9 Å². The van der Waals surface area contributed by atoms with Crippen LogP contribution in [0.25, 0.3) is 0 Å². The lowest BCUT2D eigenvalue weighted by molar-refractivity contribution is 0.153. The first-order valence-corrected chi connectivity index (χ1v) is 7.95. The van der Waals surface area contributed by atoms with Crippen LogP contribution in [-0.2, 0) is 6.54 Å². The first-order chi connectivity index (χ1) is 10.1. The summed E-state index contributed by atoms with van der Waals surface area (Å²) in [6.45, 7) is 15.6. The fraction of sp³-hybridized carbons (Fsp3) is 0.556. The fourth-order valence-electron chi connectivity index (χ4n) is 2.45. The summed E-state index contributed by atoms with van der Waals surface area (Å²) in [5, 5.41) is 0. The van der Waals surface area contributed by atoms with Gasteiger partial charge in [0.15, 0.2) is 0 Å². The summed E-state index contributed by atoms with van der Waals surface area (Å²) in [6, 6.07) is 8.86. The first-order valence-electron chi connectivity index (χ1n) is 7.95. The molecule has 1 heterocycles. The van der Waals surface area contributed by atoms with Crippen molar-refractivity contribution in [1.29, 1.82) is 0 Å². The topological polar surface area (TPSA) is 9.72 Å². The van der Waals surface area contributed by atoms with Gasteiger partial charge in [0.25, 0.3) is 0 Å². The van der Waals surface area contributed by atoms with Gasteiger partial charge in [-0.1, -0.05) is 32.6 Å². The molecule has 0 aliphatic carbocycles. The molecule has 1 aromatic rings. The highest BCUT2D eigenvalue weighted by Gasteiger charge is 2.16. The molecule has 3 heteroatoms. The molecule has 1 fully saturated rings. The van der Waals surface area contributed by atoms with E-state index in [0.717, 1.165) is 32.7 Å². The molecule has 0 radical (unpaired) electrons. The maximum Gasteiger partial charge on any atom is 0.0361 e. The average molecular weight is 289 g/mol. The quantitative estimate of drug-likeness (QED) is 0.841. The average Bonchev–Trinajstić information content (AvgIpc) is 2.50. The SMILES string of the molecule is C=C(C)N1CCN(Cc2ccc(N(C)C)cc2)CC1.CC. The van der Waals surface area contributed by atoms with Crippen molar-refractivity contribution in [2.75, 3.05) is 45.2 Å². The Bertz CT molecular complexity index is 415. The highest BCUT2D eigenvalue weighted by atomic mass is 15.3. The second kappa shape index (κ2) is 8.73. The molecule has 3 nitrogen and oxygen atoms in total. The van der Waals surface area contributed by atoms with Crippen LogP contribution >= 0.6 is 0 Å². The van der Waals surface area contributed by atoms with Gasteiger partial charge in [-0.2, -0.15) is 0 Å². The number of allylic oxidation sites excluding steroid dienone is 1. The smallest absolute Gasteiger partial charge is 0.0361 e. The molecule has 0 bridgehead atoms. The number of anilines is 1. The van der Waals surface area contributed by atoms with Crippen LogP contribution in [0.3, 0.4) is 0 Å². The predicted octanol–water partition coefficient (Wildman–Crippen LogP) is 3.43. The summed E-state index contributed by atoms with van der Waals surface area (Å²) in [4.78, 5) is 7.02. The molecule has 0 saturated carbocycles. The third-order valence-electron chi connectivity index (χ3n) is 3.77. The second-order valence-corrected chi connectivity index (χ2v) is 5.56. The van der Waals surface area contributed by atoms with Crippen LogP contribution in [0.4, 0.5) is 5.69 Å². The van der Waals surface area contributed by atoms with Gasteiger partial charge in [0.1, 0.15) is 0 Å². The highest BCUT2D eigenvalue weighted by molar-refractivity contribution is 5.45. The Kier molecular flexibility index (Phi) is 7.30. The van der Waals surface area contributed by atoms with Crippen LogP contribution in [0.15, 0.2) is 36.5 Å². The Morgan fingerprint density at radius 3 is 2.00 bits per heavy atom. The minimum absolute atomic E-state index is 1.05. The Labute approximate surface area is 130 Å². The second-order valence-electron chi connectivity index (χ2n) is 5.56. The third kappa shape index (κ3) is 5.43. The molecular weight excluding hydrogens is 258 g/mol. The molecule has 0 aromatic heterocycles. The normalized spacial score (nSPS) is 15.2. The van der Waals surface area contributed by atoms with Crippen molar-refractivity contribution in [3.63, 3.8) is 0 Å². The van der Waals surface area contributed by atoms with Crippen molar-refractivity contribution in [2.45, 2.75) is 27.3 Å². The van der Waals surface area contributed by atoms with Crippen molar-refractivity contribution in [3.05, 3.63) is 42.1 Å². The summed E-state index contributed by atoms with van der Waals surface area (Å²) >= 11 is 0. The van der Waals surface area contributed by atoms with Crippen molar-refractivity contribution in [3.8, 4) is 0 Å². The largest absolute Gasteiger partial charge is 0.378 e. The molecule has 0 spiro atoms. The van der Waals surface area contributed by atoms with Gasteiger partial charge in [-0.25, -0.2) is 0 Å². The van der Waals surface area contributed by atoms with Crippen molar-refractivity contribution >= 4 is 5.69 Å². The number of rotatable bonds is 4. The number of piperazine rings is 1. The first kappa shape index (κ1) is 17.6. The number of hydrogen-bond donors (Lipinski definition) is 0. The van der Waals surface area contributed by atoms with Crippen molar-refractivity contribution in [1.82, 2.24) is 9.80 Å². The summed E-state index contributed by atoms with van der Waals surface area (Å²) < 4.78 is 0. The Morgan fingerprint density at radius 2 is 1.57 bits per heavy atom. The highest BCUT2D eigenvalue weighted by Crippen LogP contribution is 2.15. The van der Waals surface area contributed by atoms with E-state index in [4.69, 9.17) is 0 Å². The molecule has 1 saturated heterocycles. The van der Waals surface area contributed by atoms with E-state index in [1.54, 1.807) is 0 Å². The monoisotopic (exact) mass is 289 g/mol. The summed E-state index contributed by atoms with van der Waals surface area (Å²) in [5.74, 6) is 0. The van der Waals surface area contributed by atoms with Gasteiger partial charge in [0.2, 0.25) is 0 Å². The van der Waals surface area contributed by atoms with Gasteiger partial charge in [-0.05, 0) is 24.6 Å². The minimum atomic E-state index is 1.05. The maximum absolute atomic E-state index is 4.02. The molecule has 0 N–H and O–H groups in total. The summed E-state index contributed by atoms with van der Waals surface area (Å²) in [7, 11) is 4.15. The summed E-state index contributed by atoms with van der Waals surface area (Å²) in [6.07, 6.45) is 0. The molecule has 118 valence electrons. The van der Waals surface area contributed by atoms with Gasteiger partial charge in [-0.3, -0.25) is 4.90 Å². The molecule has 1 aliphatic rings. The standard InChI is InChI=1S/C16H25N3.C2H6/c1-14(2)19-11-9-18(10-12-19)13-15-5-7-16(8-6-15)17(3)4;1-2/h5-8H,1,9-13H2,2-4H3;1-2H3. The van der Waals surface area contributed by atoms with Crippen LogP contribution in [0, 0.1) is 0 Å². The zero-order valence-corrected chi connectivity index (χ0v) is 14.4. The van der Waals surface area contributed by atoms with Crippen molar-refractivity contribution in [2.24, 2.45) is 0 Å². The number of nitrogens with zero attached hydrogens (tertiary/aromatic N) is 3. The summed E-state index contributed by atoms with van der Waals surface area (Å²) in [5.41, 5.74) is 3.85. The number of hydrogen-bond acceptors (Lipinski definition) is 3. The van der Waals surface area contributed by atoms with Gasteiger partial charge in [-0.15, -0.1) is 0 Å². The van der Waals surface area contributed by atoms with E-state index in [9.17, 15) is 0 Å². The Hall–Kier alpha value is -1.48. The molecule has 1 aromatic carbocycles. The lowest BCUT2D eigenvalue weighted by Gasteiger charge is -2.36. The fourth-order valence-corrected chi connectivity index (χ4v) is 2.45. The molecule has 2 rings (SSSR count). The maximum atomic E-state index is 4.02. The molecule has 21 heavy (non-hydrogen) atoms. The molecular formula is C18H31N3. The van der Waals surface area contributed by atoms with Crippen LogP contribution < -0.4 is 4.90 Å². The lowest BCUT2D eigenvalue weighted by atomic mass is 10.1.